The van der Waals surface area contributed by atoms with Gasteiger partial charge in [0, 0.05) is 6.54 Å². The van der Waals surface area contributed by atoms with Crippen molar-refractivity contribution in [1.29, 1.82) is 0 Å². The number of nitrogens with zero attached hydrogens (tertiary/aromatic N) is 1. The number of hydrogen-bond acceptors (Lipinski definition) is 5. The Hall–Kier alpha value is -1.78. The number of ether oxygens (including phenoxy) is 1. The molecule has 0 aliphatic heterocycles. The van der Waals surface area contributed by atoms with Crippen LogP contribution in [-0.4, -0.2) is 24.1 Å². The average molecular weight is 209 g/mol. The quantitative estimate of drug-likeness (QED) is 0.708. The summed E-state index contributed by atoms with van der Waals surface area (Å²) in [5.41, 5.74) is 5.50. The van der Waals surface area contributed by atoms with Crippen molar-refractivity contribution in [3.05, 3.63) is 18.2 Å². The fourth-order valence-electron chi connectivity index (χ4n) is 1.08. The predicted molar refractivity (Wildman–Crippen MR) is 58.4 cm³/mol. The van der Waals surface area contributed by atoms with Crippen LogP contribution in [0.25, 0.3) is 0 Å². The fraction of sp³-hybridized carbons (Fsp3) is 0.400. The second-order valence-electron chi connectivity index (χ2n) is 2.93. The molecule has 0 fully saturated rings. The minimum Gasteiger partial charge on any atom is -0.466 e. The van der Waals surface area contributed by atoms with E-state index in [1.807, 2.05) is 0 Å². The lowest BCUT2D eigenvalue weighted by Gasteiger charge is -2.05. The van der Waals surface area contributed by atoms with Crippen LogP contribution in [0.1, 0.15) is 13.3 Å². The first-order valence-corrected chi connectivity index (χ1v) is 4.84. The van der Waals surface area contributed by atoms with Crippen molar-refractivity contribution >= 4 is 17.6 Å². The molecule has 0 aromatic carbocycles. The van der Waals surface area contributed by atoms with Crippen LogP contribution in [0, 0.1) is 0 Å². The molecule has 1 heterocycles. The summed E-state index contributed by atoms with van der Waals surface area (Å²) in [7, 11) is 0. The van der Waals surface area contributed by atoms with Crippen LogP contribution >= 0.6 is 0 Å². The van der Waals surface area contributed by atoms with Crippen LogP contribution < -0.4 is 11.1 Å². The van der Waals surface area contributed by atoms with Crippen LogP contribution in [0.15, 0.2) is 18.2 Å². The van der Waals surface area contributed by atoms with Gasteiger partial charge in [0.25, 0.3) is 0 Å². The molecular formula is C10H15N3O2. The molecule has 0 spiro atoms. The van der Waals surface area contributed by atoms with E-state index in [1.165, 1.54) is 0 Å². The molecule has 1 aromatic heterocycles. The molecule has 82 valence electrons. The minimum atomic E-state index is -0.214. The fourth-order valence-corrected chi connectivity index (χ4v) is 1.08. The highest BCUT2D eigenvalue weighted by Crippen LogP contribution is 2.05. The number of hydrogen-bond donors (Lipinski definition) is 2. The van der Waals surface area contributed by atoms with Gasteiger partial charge in [-0.1, -0.05) is 6.07 Å². The van der Waals surface area contributed by atoms with E-state index >= 15 is 0 Å². The predicted octanol–water partition coefficient (Wildman–Crippen LogP) is 1.03. The number of rotatable bonds is 5. The monoisotopic (exact) mass is 209 g/mol. The zero-order valence-corrected chi connectivity index (χ0v) is 8.69. The summed E-state index contributed by atoms with van der Waals surface area (Å²) >= 11 is 0. The van der Waals surface area contributed by atoms with Gasteiger partial charge in [0.1, 0.15) is 11.6 Å². The lowest BCUT2D eigenvalue weighted by molar-refractivity contribution is -0.142. The van der Waals surface area contributed by atoms with Gasteiger partial charge in [-0.2, -0.15) is 0 Å². The maximum Gasteiger partial charge on any atom is 0.307 e. The van der Waals surface area contributed by atoms with Crippen LogP contribution in [-0.2, 0) is 9.53 Å². The number of nitrogens with one attached hydrogen (secondary N) is 1. The third-order valence-corrected chi connectivity index (χ3v) is 1.71. The van der Waals surface area contributed by atoms with Crippen molar-refractivity contribution < 1.29 is 9.53 Å². The second kappa shape index (κ2) is 5.85. The van der Waals surface area contributed by atoms with Gasteiger partial charge in [-0.15, -0.1) is 0 Å². The van der Waals surface area contributed by atoms with Crippen LogP contribution in [0.2, 0.25) is 0 Å². The standard InChI is InChI=1S/C10H15N3O2/c1-2-15-10(14)6-7-12-9-5-3-4-8(11)13-9/h3-5H,2,6-7H2,1H3,(H3,11,12,13). The summed E-state index contributed by atoms with van der Waals surface area (Å²) < 4.78 is 4.78. The highest BCUT2D eigenvalue weighted by molar-refractivity contribution is 5.69. The number of nitrogens with two attached hydrogens (primary N) is 1. The zero-order valence-electron chi connectivity index (χ0n) is 8.69. The maximum absolute atomic E-state index is 11.0. The number of nitrogen functional groups attached to an aromatic ring is 1. The summed E-state index contributed by atoms with van der Waals surface area (Å²) in [5, 5.41) is 2.98. The van der Waals surface area contributed by atoms with Gasteiger partial charge in [0.2, 0.25) is 0 Å². The van der Waals surface area contributed by atoms with E-state index in [-0.39, 0.29) is 5.97 Å². The van der Waals surface area contributed by atoms with Gasteiger partial charge >= 0.3 is 5.97 Å². The van der Waals surface area contributed by atoms with E-state index in [1.54, 1.807) is 25.1 Å². The summed E-state index contributed by atoms with van der Waals surface area (Å²) in [5.74, 6) is 0.907. The van der Waals surface area contributed by atoms with E-state index in [0.29, 0.717) is 31.2 Å². The van der Waals surface area contributed by atoms with Crippen molar-refractivity contribution in [3.63, 3.8) is 0 Å². The molecule has 0 radical (unpaired) electrons. The Bertz CT molecular complexity index is 328. The van der Waals surface area contributed by atoms with Crippen molar-refractivity contribution in [1.82, 2.24) is 4.98 Å². The Morgan fingerprint density at radius 1 is 1.60 bits per heavy atom. The molecule has 5 nitrogen and oxygen atoms in total. The van der Waals surface area contributed by atoms with Gasteiger partial charge in [-0.25, -0.2) is 4.98 Å². The smallest absolute Gasteiger partial charge is 0.307 e. The van der Waals surface area contributed by atoms with E-state index < -0.39 is 0 Å². The molecule has 5 heteroatoms. The van der Waals surface area contributed by atoms with E-state index in [2.05, 4.69) is 10.3 Å². The Morgan fingerprint density at radius 2 is 2.40 bits per heavy atom. The molecule has 0 atom stereocenters. The van der Waals surface area contributed by atoms with E-state index in [0.717, 1.165) is 0 Å². The first-order chi connectivity index (χ1) is 7.22. The molecule has 15 heavy (non-hydrogen) atoms. The summed E-state index contributed by atoms with van der Waals surface area (Å²) in [4.78, 5) is 15.0. The number of pyridine rings is 1. The molecule has 0 bridgehead atoms. The third-order valence-electron chi connectivity index (χ3n) is 1.71. The van der Waals surface area contributed by atoms with Crippen molar-refractivity contribution in [2.75, 3.05) is 24.2 Å². The summed E-state index contributed by atoms with van der Waals surface area (Å²) in [6.45, 7) is 2.69. The Kier molecular flexibility index (Phi) is 4.40. The van der Waals surface area contributed by atoms with E-state index in [9.17, 15) is 4.79 Å². The Balaban J connectivity index is 2.28. The minimum absolute atomic E-state index is 0.214. The molecule has 0 saturated heterocycles. The van der Waals surface area contributed by atoms with Gasteiger partial charge in [-0.3, -0.25) is 4.79 Å². The van der Waals surface area contributed by atoms with Gasteiger partial charge < -0.3 is 15.8 Å². The van der Waals surface area contributed by atoms with Gasteiger partial charge in [0.05, 0.1) is 13.0 Å². The van der Waals surface area contributed by atoms with Gasteiger partial charge in [0.15, 0.2) is 0 Å². The van der Waals surface area contributed by atoms with Crippen LogP contribution in [0.4, 0.5) is 11.6 Å². The SMILES string of the molecule is CCOC(=O)CCNc1cccc(N)n1. The average Bonchev–Trinajstić information content (AvgIpc) is 2.18. The lowest BCUT2D eigenvalue weighted by Crippen LogP contribution is -2.12. The molecular weight excluding hydrogens is 194 g/mol. The highest BCUT2D eigenvalue weighted by Gasteiger charge is 2.01. The first kappa shape index (κ1) is 11.3. The third kappa shape index (κ3) is 4.30. The highest BCUT2D eigenvalue weighted by atomic mass is 16.5. The van der Waals surface area contributed by atoms with Crippen LogP contribution in [0.3, 0.4) is 0 Å². The maximum atomic E-state index is 11.0. The Morgan fingerprint density at radius 3 is 3.07 bits per heavy atom. The van der Waals surface area contributed by atoms with Crippen molar-refractivity contribution in [2.24, 2.45) is 0 Å². The Labute approximate surface area is 88.6 Å². The molecule has 0 unspecified atom stereocenters. The molecule has 3 N–H and O–H groups in total. The van der Waals surface area contributed by atoms with E-state index in [4.69, 9.17) is 10.5 Å². The molecule has 1 rings (SSSR count). The van der Waals surface area contributed by atoms with Crippen LogP contribution in [0.5, 0.6) is 0 Å². The van der Waals surface area contributed by atoms with Crippen molar-refractivity contribution in [2.45, 2.75) is 13.3 Å². The molecule has 1 aromatic rings. The molecule has 0 aliphatic rings. The molecule has 0 aliphatic carbocycles. The number of esters is 1. The van der Waals surface area contributed by atoms with Crippen molar-refractivity contribution in [3.8, 4) is 0 Å². The zero-order chi connectivity index (χ0) is 11.1. The lowest BCUT2D eigenvalue weighted by atomic mass is 10.4. The number of aromatic nitrogens is 1. The summed E-state index contributed by atoms with van der Waals surface area (Å²) in [6.07, 6.45) is 0.324. The largest absolute Gasteiger partial charge is 0.466 e. The molecule has 0 saturated carbocycles. The second-order valence-corrected chi connectivity index (χ2v) is 2.93. The number of carbonyl (C=O) groups excluding carboxylic acids is 1. The normalized spacial score (nSPS) is 9.67. The molecule has 0 amide bonds. The number of carbonyl (C=O) groups is 1. The number of anilines is 2. The summed E-state index contributed by atoms with van der Waals surface area (Å²) in [6, 6.07) is 5.30. The van der Waals surface area contributed by atoms with Gasteiger partial charge in [-0.05, 0) is 19.1 Å². The first-order valence-electron chi connectivity index (χ1n) is 4.84. The topological polar surface area (TPSA) is 77.2 Å².